The molecule has 1 N–H and O–H groups in total. The third-order valence-electron chi connectivity index (χ3n) is 4.77. The van der Waals surface area contributed by atoms with Gasteiger partial charge >= 0.3 is 5.97 Å². The molecule has 0 aromatic heterocycles. The van der Waals surface area contributed by atoms with Crippen LogP contribution < -0.4 is 0 Å². The average molecular weight is 371 g/mol. The molecule has 1 aliphatic heterocycles. The lowest BCUT2D eigenvalue weighted by molar-refractivity contribution is -0.154. The highest BCUT2D eigenvalue weighted by atomic mass is 19.1. The van der Waals surface area contributed by atoms with Crippen molar-refractivity contribution >= 4 is 11.9 Å². The summed E-state index contributed by atoms with van der Waals surface area (Å²) in [6, 6.07) is 12.6. The van der Waals surface area contributed by atoms with Gasteiger partial charge in [-0.25, -0.2) is 9.18 Å². The van der Waals surface area contributed by atoms with Crippen molar-refractivity contribution in [2.75, 3.05) is 13.2 Å². The normalized spacial score (nSPS) is 18.9. The van der Waals surface area contributed by atoms with Crippen LogP contribution in [0.25, 0.3) is 0 Å². The van der Waals surface area contributed by atoms with E-state index < -0.39 is 17.6 Å². The minimum atomic E-state index is -1.03. The van der Waals surface area contributed by atoms with E-state index in [0.29, 0.717) is 24.3 Å². The topological polar surface area (TPSA) is 66.8 Å². The Kier molecular flexibility index (Phi) is 5.28. The second-order valence-electron chi connectivity index (χ2n) is 7.35. The second kappa shape index (κ2) is 7.48. The summed E-state index contributed by atoms with van der Waals surface area (Å²) in [7, 11) is 0. The molecule has 0 radical (unpaired) electrons. The lowest BCUT2D eigenvalue weighted by atomic mass is 9.96. The number of benzene rings is 2. The Morgan fingerprint density at radius 3 is 2.67 bits per heavy atom. The molecule has 1 heterocycles. The van der Waals surface area contributed by atoms with Crippen LogP contribution in [0.15, 0.2) is 48.5 Å². The van der Waals surface area contributed by atoms with E-state index in [1.54, 1.807) is 29.2 Å². The van der Waals surface area contributed by atoms with Crippen molar-refractivity contribution < 1.29 is 23.8 Å². The molecule has 1 aliphatic rings. The van der Waals surface area contributed by atoms with Crippen molar-refractivity contribution in [2.45, 2.75) is 31.9 Å². The first kappa shape index (κ1) is 19.0. The molecule has 2 aromatic rings. The van der Waals surface area contributed by atoms with Gasteiger partial charge in [-0.3, -0.25) is 4.79 Å². The summed E-state index contributed by atoms with van der Waals surface area (Å²) in [5.41, 5.74) is 0.977. The molecule has 27 heavy (non-hydrogen) atoms. The van der Waals surface area contributed by atoms with Gasteiger partial charge in [-0.15, -0.1) is 0 Å². The van der Waals surface area contributed by atoms with Gasteiger partial charge in [-0.05, 0) is 49.2 Å². The van der Waals surface area contributed by atoms with Crippen molar-refractivity contribution in [2.24, 2.45) is 0 Å². The predicted octanol–water partition coefficient (Wildman–Crippen LogP) is 3.45. The van der Waals surface area contributed by atoms with Crippen LogP contribution in [0.1, 0.15) is 41.4 Å². The number of nitrogens with zero attached hydrogens (tertiary/aromatic N) is 1. The quantitative estimate of drug-likeness (QED) is 0.894. The first-order valence-electron chi connectivity index (χ1n) is 8.76. The van der Waals surface area contributed by atoms with Crippen LogP contribution in [-0.2, 0) is 16.0 Å². The molecule has 6 heteroatoms. The van der Waals surface area contributed by atoms with Crippen molar-refractivity contribution in [3.05, 3.63) is 71.0 Å². The molecule has 0 bridgehead atoms. The Hall–Kier alpha value is -2.73. The molecule has 1 unspecified atom stereocenters. The number of aromatic carboxylic acids is 1. The van der Waals surface area contributed by atoms with Crippen molar-refractivity contribution in [3.63, 3.8) is 0 Å². The van der Waals surface area contributed by atoms with E-state index >= 15 is 0 Å². The van der Waals surface area contributed by atoms with E-state index in [2.05, 4.69) is 0 Å². The van der Waals surface area contributed by atoms with Gasteiger partial charge in [0.15, 0.2) is 0 Å². The molecular weight excluding hydrogens is 349 g/mol. The highest BCUT2D eigenvalue weighted by Crippen LogP contribution is 2.31. The lowest BCUT2D eigenvalue weighted by Crippen LogP contribution is -2.56. The van der Waals surface area contributed by atoms with Crippen LogP contribution in [0.3, 0.4) is 0 Å². The zero-order valence-electron chi connectivity index (χ0n) is 15.3. The standard InChI is InChI=1S/C21H22FNO4/c1-21(2)13-27-18(15-6-4-8-17(22)11-15)12-23(21)19(24)10-14-5-3-7-16(9-14)20(25)26/h3-9,11,18H,10,12-13H2,1-2H3,(H,25,26). The van der Waals surface area contributed by atoms with Crippen molar-refractivity contribution in [3.8, 4) is 0 Å². The van der Waals surface area contributed by atoms with Gasteiger partial charge in [-0.2, -0.15) is 0 Å². The molecule has 1 amide bonds. The first-order chi connectivity index (χ1) is 12.8. The second-order valence-corrected chi connectivity index (χ2v) is 7.35. The molecule has 142 valence electrons. The number of ether oxygens (including phenoxy) is 1. The fraction of sp³-hybridized carbons (Fsp3) is 0.333. The summed E-state index contributed by atoms with van der Waals surface area (Å²) in [5, 5.41) is 9.12. The van der Waals surface area contributed by atoms with Crippen LogP contribution in [0.2, 0.25) is 0 Å². The first-order valence-corrected chi connectivity index (χ1v) is 8.76. The molecule has 1 saturated heterocycles. The van der Waals surface area contributed by atoms with Gasteiger partial charge < -0.3 is 14.7 Å². The molecule has 1 fully saturated rings. The number of hydrogen-bond acceptors (Lipinski definition) is 3. The molecular formula is C21H22FNO4. The Bertz CT molecular complexity index is 865. The third-order valence-corrected chi connectivity index (χ3v) is 4.77. The number of halogens is 1. The molecule has 3 rings (SSSR count). The van der Waals surface area contributed by atoms with Crippen LogP contribution in [0.4, 0.5) is 4.39 Å². The number of carbonyl (C=O) groups excluding carboxylic acids is 1. The largest absolute Gasteiger partial charge is 0.478 e. The maximum Gasteiger partial charge on any atom is 0.335 e. The zero-order valence-corrected chi connectivity index (χ0v) is 15.3. The van der Waals surface area contributed by atoms with E-state index in [1.165, 1.54) is 24.3 Å². The van der Waals surface area contributed by atoms with Gasteiger partial charge in [-0.1, -0.05) is 24.3 Å². The van der Waals surface area contributed by atoms with Gasteiger partial charge in [0.1, 0.15) is 11.9 Å². The predicted molar refractivity (Wildman–Crippen MR) is 98.0 cm³/mol. The number of carboxylic acid groups (broad SMARTS) is 1. The molecule has 0 aliphatic carbocycles. The third kappa shape index (κ3) is 4.34. The van der Waals surface area contributed by atoms with Crippen LogP contribution in [-0.4, -0.2) is 40.6 Å². The summed E-state index contributed by atoms with van der Waals surface area (Å²) in [6.07, 6.45) is -0.302. The van der Waals surface area contributed by atoms with Gasteiger partial charge in [0.2, 0.25) is 5.91 Å². The van der Waals surface area contributed by atoms with Crippen molar-refractivity contribution in [1.82, 2.24) is 4.90 Å². The van der Waals surface area contributed by atoms with Gasteiger partial charge in [0, 0.05) is 0 Å². The van der Waals surface area contributed by atoms with E-state index in [9.17, 15) is 14.0 Å². The van der Waals surface area contributed by atoms with Gasteiger partial charge in [0.05, 0.1) is 30.7 Å². The summed E-state index contributed by atoms with van der Waals surface area (Å²) >= 11 is 0. The molecule has 2 aromatic carbocycles. The Balaban J connectivity index is 1.78. The van der Waals surface area contributed by atoms with Gasteiger partial charge in [0.25, 0.3) is 0 Å². The minimum absolute atomic E-state index is 0.0976. The minimum Gasteiger partial charge on any atom is -0.478 e. The summed E-state index contributed by atoms with van der Waals surface area (Å²) in [4.78, 5) is 25.8. The van der Waals surface area contributed by atoms with E-state index in [0.717, 1.165) is 0 Å². The maximum absolute atomic E-state index is 13.5. The number of carbonyl (C=O) groups is 2. The van der Waals surface area contributed by atoms with Crippen LogP contribution in [0.5, 0.6) is 0 Å². The van der Waals surface area contributed by atoms with E-state index in [4.69, 9.17) is 9.84 Å². The van der Waals surface area contributed by atoms with Crippen LogP contribution in [0, 0.1) is 5.82 Å². The molecule has 1 atom stereocenters. The SMILES string of the molecule is CC1(C)COC(c2cccc(F)c2)CN1C(=O)Cc1cccc(C(=O)O)c1. The highest BCUT2D eigenvalue weighted by molar-refractivity contribution is 5.88. The Labute approximate surface area is 157 Å². The number of morpholine rings is 1. The Morgan fingerprint density at radius 2 is 1.96 bits per heavy atom. The van der Waals surface area contributed by atoms with E-state index in [1.807, 2.05) is 13.8 Å². The number of rotatable bonds is 4. The van der Waals surface area contributed by atoms with Crippen LogP contribution >= 0.6 is 0 Å². The average Bonchev–Trinajstić information content (AvgIpc) is 2.61. The highest BCUT2D eigenvalue weighted by Gasteiger charge is 2.38. The summed E-state index contributed by atoms with van der Waals surface area (Å²) < 4.78 is 19.4. The maximum atomic E-state index is 13.5. The smallest absolute Gasteiger partial charge is 0.335 e. The zero-order chi connectivity index (χ0) is 19.6. The molecule has 0 spiro atoms. The fourth-order valence-electron chi connectivity index (χ4n) is 3.28. The van der Waals surface area contributed by atoms with E-state index in [-0.39, 0.29) is 23.7 Å². The fourth-order valence-corrected chi connectivity index (χ4v) is 3.28. The number of hydrogen-bond donors (Lipinski definition) is 1. The molecule has 5 nitrogen and oxygen atoms in total. The monoisotopic (exact) mass is 371 g/mol. The summed E-state index contributed by atoms with van der Waals surface area (Å²) in [6.45, 7) is 4.48. The summed E-state index contributed by atoms with van der Waals surface area (Å²) in [5.74, 6) is -1.49. The number of amides is 1. The molecule has 0 saturated carbocycles. The lowest BCUT2D eigenvalue weighted by Gasteiger charge is -2.45. The Morgan fingerprint density at radius 1 is 1.22 bits per heavy atom. The number of carboxylic acids is 1. The van der Waals surface area contributed by atoms with Crippen molar-refractivity contribution in [1.29, 1.82) is 0 Å².